The second kappa shape index (κ2) is 15.2. The van der Waals surface area contributed by atoms with Crippen molar-refractivity contribution in [1.29, 1.82) is 5.26 Å². The summed E-state index contributed by atoms with van der Waals surface area (Å²) in [5, 5.41) is 13.9. The number of nitrogens with zero attached hydrogens (tertiary/aromatic N) is 2. The highest BCUT2D eigenvalue weighted by Crippen LogP contribution is 2.34. The molecule has 37 heavy (non-hydrogen) atoms. The number of nitrogens with one attached hydrogen (secondary N) is 2. The quantitative estimate of drug-likeness (QED) is 0.232. The van der Waals surface area contributed by atoms with Gasteiger partial charge in [-0.15, -0.1) is 0 Å². The summed E-state index contributed by atoms with van der Waals surface area (Å²) in [5.41, 5.74) is -0.313. The van der Waals surface area contributed by atoms with Crippen molar-refractivity contribution in [3.05, 3.63) is 23.5 Å². The summed E-state index contributed by atoms with van der Waals surface area (Å²) in [6.45, 7) is 0.883. The van der Waals surface area contributed by atoms with Gasteiger partial charge in [0.15, 0.2) is 0 Å². The van der Waals surface area contributed by atoms with Gasteiger partial charge in [0.05, 0.1) is 11.3 Å². The van der Waals surface area contributed by atoms with E-state index in [0.29, 0.717) is 23.0 Å². The van der Waals surface area contributed by atoms with Crippen molar-refractivity contribution < 1.29 is 13.9 Å². The molecule has 9 heteroatoms. The van der Waals surface area contributed by atoms with E-state index in [2.05, 4.69) is 21.0 Å². The topological polar surface area (TPSA) is 77.4 Å². The molecular formula is C28H43FN4O2S2. The Labute approximate surface area is 231 Å². The number of carbonyl (C=O) groups is 1. The van der Waals surface area contributed by atoms with Crippen molar-refractivity contribution in [3.8, 4) is 6.07 Å². The molecule has 0 bridgehead atoms. The van der Waals surface area contributed by atoms with Crippen molar-refractivity contribution in [2.45, 2.75) is 98.8 Å². The maximum Gasteiger partial charge on any atom is 0.262 e. The molecule has 0 radical (unpaired) electrons. The standard InChI is InChI=1S/C28H43FN4O2S2/c1-33(2)16-13-22(20-36-23-11-7-4-5-8-12-23)31-26-21(19-30)17-24(18-25(26)29)37-32-27(34)28(35-3)14-9-6-10-15-28/h17-18,22-23,31H,4-16,20H2,1-3H3,(H,32,34). The number of hydrogen-bond donors (Lipinski definition) is 2. The lowest BCUT2D eigenvalue weighted by molar-refractivity contribution is -0.145. The molecule has 6 nitrogen and oxygen atoms in total. The first-order valence-electron chi connectivity index (χ1n) is 13.7. The van der Waals surface area contributed by atoms with Crippen molar-refractivity contribution in [1.82, 2.24) is 9.62 Å². The SMILES string of the molecule is COC1(C(=O)NSc2cc(F)c(NC(CCN(C)C)CSC3CCCCCC3)c(C#N)c2)CCCCC1. The number of nitriles is 1. The van der Waals surface area contributed by atoms with E-state index in [4.69, 9.17) is 4.74 Å². The van der Waals surface area contributed by atoms with E-state index in [1.54, 1.807) is 13.2 Å². The molecule has 2 N–H and O–H groups in total. The maximum atomic E-state index is 15.3. The van der Waals surface area contributed by atoms with E-state index < -0.39 is 11.4 Å². The third-order valence-corrected chi connectivity index (χ3v) is 9.82. The number of halogens is 1. The van der Waals surface area contributed by atoms with Gasteiger partial charge in [-0.05, 0) is 76.8 Å². The summed E-state index contributed by atoms with van der Waals surface area (Å²) >= 11 is 3.03. The maximum absolute atomic E-state index is 15.3. The Morgan fingerprint density at radius 3 is 2.49 bits per heavy atom. The zero-order valence-corrected chi connectivity index (χ0v) is 24.2. The minimum Gasteiger partial charge on any atom is -0.378 e. The number of rotatable bonds is 12. The second-order valence-corrected chi connectivity index (χ2v) is 12.8. The Kier molecular flexibility index (Phi) is 12.4. The highest BCUT2D eigenvalue weighted by molar-refractivity contribution is 8.00. The van der Waals surface area contributed by atoms with Gasteiger partial charge >= 0.3 is 0 Å². The third-order valence-electron chi connectivity index (χ3n) is 7.52. The normalized spacial score (nSPS) is 19.1. The zero-order valence-electron chi connectivity index (χ0n) is 22.6. The van der Waals surface area contributed by atoms with Crippen LogP contribution in [0.5, 0.6) is 0 Å². The first kappa shape index (κ1) is 30.1. The lowest BCUT2D eigenvalue weighted by atomic mass is 9.84. The van der Waals surface area contributed by atoms with Crippen molar-refractivity contribution in [2.24, 2.45) is 0 Å². The van der Waals surface area contributed by atoms with Gasteiger partial charge in [0.1, 0.15) is 17.5 Å². The van der Waals surface area contributed by atoms with Crippen LogP contribution in [0.4, 0.5) is 10.1 Å². The van der Waals surface area contributed by atoms with Crippen LogP contribution in [0.2, 0.25) is 0 Å². The van der Waals surface area contributed by atoms with Crippen molar-refractivity contribution in [3.63, 3.8) is 0 Å². The molecule has 1 atom stereocenters. The molecule has 0 heterocycles. The van der Waals surface area contributed by atoms with Crippen molar-refractivity contribution >= 4 is 35.3 Å². The molecule has 1 aromatic carbocycles. The van der Waals surface area contributed by atoms with E-state index in [0.717, 1.165) is 49.9 Å². The smallest absolute Gasteiger partial charge is 0.262 e. The minimum absolute atomic E-state index is 0.0586. The first-order valence-corrected chi connectivity index (χ1v) is 15.5. The first-order chi connectivity index (χ1) is 17.9. The number of benzene rings is 1. The molecule has 0 aliphatic heterocycles. The van der Waals surface area contributed by atoms with Crippen LogP contribution < -0.4 is 10.0 Å². The fourth-order valence-electron chi connectivity index (χ4n) is 5.20. The van der Waals surface area contributed by atoms with Gasteiger partial charge in [-0.3, -0.25) is 9.52 Å². The van der Waals surface area contributed by atoms with E-state index >= 15 is 4.39 Å². The third kappa shape index (κ3) is 9.05. The number of ether oxygens (including phenoxy) is 1. The number of methoxy groups -OCH3 is 1. The molecule has 2 saturated carbocycles. The number of thioether (sulfide) groups is 1. The fraction of sp³-hybridized carbons (Fsp3) is 0.714. The second-order valence-electron chi connectivity index (χ2n) is 10.6. The molecule has 1 amide bonds. The monoisotopic (exact) mass is 550 g/mol. The molecule has 0 spiro atoms. The van der Waals surface area contributed by atoms with Crippen LogP contribution in [0.25, 0.3) is 0 Å². The van der Waals surface area contributed by atoms with Crippen LogP contribution in [-0.2, 0) is 9.53 Å². The molecule has 0 aromatic heterocycles. The average molecular weight is 551 g/mol. The van der Waals surface area contributed by atoms with Gasteiger partial charge in [0.25, 0.3) is 5.91 Å². The number of anilines is 1. The minimum atomic E-state index is -0.821. The summed E-state index contributed by atoms with van der Waals surface area (Å²) in [5.74, 6) is 0.221. The van der Waals surface area contributed by atoms with E-state index in [-0.39, 0.29) is 23.2 Å². The summed E-state index contributed by atoms with van der Waals surface area (Å²) in [6.07, 6.45) is 13.0. The molecule has 2 fully saturated rings. The van der Waals surface area contributed by atoms with E-state index in [9.17, 15) is 10.1 Å². The highest BCUT2D eigenvalue weighted by Gasteiger charge is 2.39. The van der Waals surface area contributed by atoms with Crippen LogP contribution >= 0.6 is 23.7 Å². The van der Waals surface area contributed by atoms with Gasteiger partial charge in [-0.2, -0.15) is 17.0 Å². The Hall–Kier alpha value is -1.47. The van der Waals surface area contributed by atoms with E-state index in [1.807, 2.05) is 25.9 Å². The van der Waals surface area contributed by atoms with Crippen molar-refractivity contribution in [2.75, 3.05) is 38.8 Å². The van der Waals surface area contributed by atoms with Crippen LogP contribution in [0.15, 0.2) is 17.0 Å². The number of hydrogen-bond acceptors (Lipinski definition) is 7. The van der Waals surface area contributed by atoms with Crippen LogP contribution in [-0.4, -0.2) is 61.2 Å². The van der Waals surface area contributed by atoms with Gasteiger partial charge in [-0.25, -0.2) is 4.39 Å². The lowest BCUT2D eigenvalue weighted by Gasteiger charge is -2.34. The number of carbonyl (C=O) groups excluding carboxylic acids is 1. The van der Waals surface area contributed by atoms with Crippen LogP contribution in [0, 0.1) is 17.1 Å². The van der Waals surface area contributed by atoms with Gasteiger partial charge < -0.3 is 15.0 Å². The van der Waals surface area contributed by atoms with Crippen LogP contribution in [0.1, 0.15) is 82.6 Å². The summed E-state index contributed by atoms with van der Waals surface area (Å²) in [6, 6.07) is 5.27. The average Bonchev–Trinajstić information content (AvgIpc) is 3.18. The van der Waals surface area contributed by atoms with Crippen LogP contribution in [0.3, 0.4) is 0 Å². The predicted octanol–water partition coefficient (Wildman–Crippen LogP) is 6.36. The molecule has 206 valence electrons. The van der Waals surface area contributed by atoms with Gasteiger partial charge in [0, 0.05) is 29.0 Å². The van der Waals surface area contributed by atoms with Gasteiger partial charge in [-0.1, -0.05) is 44.9 Å². The molecule has 2 aliphatic rings. The molecule has 1 unspecified atom stereocenters. The Bertz CT molecular complexity index is 910. The summed E-state index contributed by atoms with van der Waals surface area (Å²) < 4.78 is 23.8. The Balaban J connectivity index is 1.67. The number of amides is 1. The lowest BCUT2D eigenvalue weighted by Crippen LogP contribution is -2.47. The highest BCUT2D eigenvalue weighted by atomic mass is 32.2. The molecule has 3 rings (SSSR count). The van der Waals surface area contributed by atoms with E-state index in [1.165, 1.54) is 44.6 Å². The molecule has 2 aliphatic carbocycles. The summed E-state index contributed by atoms with van der Waals surface area (Å²) in [4.78, 5) is 15.5. The fourth-order valence-corrected chi connectivity index (χ4v) is 7.35. The Morgan fingerprint density at radius 1 is 1.19 bits per heavy atom. The van der Waals surface area contributed by atoms with Gasteiger partial charge in [0.2, 0.25) is 0 Å². The molecule has 0 saturated heterocycles. The largest absolute Gasteiger partial charge is 0.378 e. The Morgan fingerprint density at radius 2 is 1.86 bits per heavy atom. The predicted molar refractivity (Wildman–Crippen MR) is 152 cm³/mol. The molecular weight excluding hydrogens is 507 g/mol. The summed E-state index contributed by atoms with van der Waals surface area (Å²) in [7, 11) is 5.65. The zero-order chi connectivity index (χ0) is 26.7. The molecule has 1 aromatic rings.